The van der Waals surface area contributed by atoms with E-state index < -0.39 is 17.5 Å². The van der Waals surface area contributed by atoms with Gasteiger partial charge in [-0.1, -0.05) is 24.1 Å². The van der Waals surface area contributed by atoms with E-state index in [-0.39, 0.29) is 5.91 Å². The van der Waals surface area contributed by atoms with Gasteiger partial charge in [0.25, 0.3) is 11.8 Å². The minimum atomic E-state index is -1.58. The smallest absolute Gasteiger partial charge is 0.312 e. The Labute approximate surface area is 127 Å². The van der Waals surface area contributed by atoms with Crippen LogP contribution in [-0.2, 0) is 15.1 Å². The summed E-state index contributed by atoms with van der Waals surface area (Å²) < 4.78 is 0. The number of imide groups is 1. The van der Waals surface area contributed by atoms with Gasteiger partial charge in [0.15, 0.2) is 0 Å². The number of nitrogens with zero attached hydrogens (tertiary/aromatic N) is 1. The van der Waals surface area contributed by atoms with Crippen LogP contribution in [0.3, 0.4) is 0 Å². The molecule has 0 bridgehead atoms. The summed E-state index contributed by atoms with van der Waals surface area (Å²) in [5.74, 6) is -0.442. The zero-order chi connectivity index (χ0) is 15.5. The lowest BCUT2D eigenvalue weighted by molar-refractivity contribution is -0.134. The van der Waals surface area contributed by atoms with Crippen molar-refractivity contribution in [3.8, 4) is 0 Å². The molecule has 2 aliphatic heterocycles. The number of amides is 4. The summed E-state index contributed by atoms with van der Waals surface area (Å²) in [5.41, 5.74) is 0.688. The molecule has 1 saturated carbocycles. The maximum absolute atomic E-state index is 13.0. The Bertz CT molecular complexity index is 711. The average molecular weight is 299 g/mol. The van der Waals surface area contributed by atoms with Crippen molar-refractivity contribution in [1.29, 1.82) is 0 Å². The van der Waals surface area contributed by atoms with Gasteiger partial charge in [-0.3, -0.25) is 14.9 Å². The lowest BCUT2D eigenvalue weighted by Crippen LogP contribution is -2.53. The lowest BCUT2D eigenvalue weighted by atomic mass is 9.85. The summed E-state index contributed by atoms with van der Waals surface area (Å²) in [6.45, 7) is 2.52. The second-order valence-electron chi connectivity index (χ2n) is 6.39. The number of benzene rings is 1. The predicted molar refractivity (Wildman–Crippen MR) is 79.2 cm³/mol. The Morgan fingerprint density at radius 2 is 2.05 bits per heavy atom. The Morgan fingerprint density at radius 1 is 1.27 bits per heavy atom. The van der Waals surface area contributed by atoms with Crippen LogP contribution in [0.5, 0.6) is 0 Å². The lowest BCUT2D eigenvalue weighted by Gasteiger charge is -2.31. The number of anilines is 1. The summed E-state index contributed by atoms with van der Waals surface area (Å²) in [6.07, 6.45) is 3.41. The number of fused-ring (bicyclic) bond motifs is 2. The number of carbonyl (C=O) groups is 3. The molecule has 22 heavy (non-hydrogen) atoms. The number of rotatable bonds is 2. The normalized spacial score (nSPS) is 27.0. The fourth-order valence-corrected chi connectivity index (χ4v) is 3.52. The van der Waals surface area contributed by atoms with Gasteiger partial charge >= 0.3 is 6.03 Å². The molecule has 1 unspecified atom stereocenters. The summed E-state index contributed by atoms with van der Waals surface area (Å²) in [4.78, 5) is 38.7. The quantitative estimate of drug-likeness (QED) is 0.636. The molecule has 0 radical (unpaired) electrons. The molecule has 1 aliphatic carbocycles. The van der Waals surface area contributed by atoms with Crippen molar-refractivity contribution in [1.82, 2.24) is 10.6 Å². The molecule has 4 amide bonds. The molecular weight excluding hydrogens is 282 g/mol. The third-order valence-corrected chi connectivity index (χ3v) is 4.95. The second kappa shape index (κ2) is 4.32. The van der Waals surface area contributed by atoms with Gasteiger partial charge in [-0.05, 0) is 31.7 Å². The Balaban J connectivity index is 1.84. The Hall–Kier alpha value is -2.37. The first-order chi connectivity index (χ1) is 10.5. The molecule has 1 aromatic rings. The van der Waals surface area contributed by atoms with Crippen LogP contribution in [0, 0.1) is 12.8 Å². The topological polar surface area (TPSA) is 78.5 Å². The van der Waals surface area contributed by atoms with Crippen molar-refractivity contribution in [3.05, 3.63) is 29.3 Å². The SMILES string of the molecule is Cc1ccc2c(c1)C1(NC(=O)NC1=O)C(=O)N2CC1CCC1. The highest BCUT2D eigenvalue weighted by Gasteiger charge is 2.61. The van der Waals surface area contributed by atoms with Crippen LogP contribution in [0.4, 0.5) is 10.5 Å². The van der Waals surface area contributed by atoms with Gasteiger partial charge in [0.05, 0.1) is 5.69 Å². The average Bonchev–Trinajstić information content (AvgIpc) is 2.84. The molecule has 0 aromatic heterocycles. The van der Waals surface area contributed by atoms with E-state index >= 15 is 0 Å². The van der Waals surface area contributed by atoms with Crippen molar-refractivity contribution in [2.24, 2.45) is 5.92 Å². The molecule has 6 nitrogen and oxygen atoms in total. The Kier molecular flexibility index (Phi) is 2.61. The number of urea groups is 1. The molecule has 2 fully saturated rings. The molecule has 2 N–H and O–H groups in total. The zero-order valence-electron chi connectivity index (χ0n) is 12.3. The maximum Gasteiger partial charge on any atom is 0.323 e. The van der Waals surface area contributed by atoms with Gasteiger partial charge in [0.2, 0.25) is 5.54 Å². The van der Waals surface area contributed by atoms with Gasteiger partial charge in [-0.15, -0.1) is 0 Å². The van der Waals surface area contributed by atoms with Gasteiger partial charge in [-0.25, -0.2) is 4.79 Å². The molecule has 1 aromatic carbocycles. The van der Waals surface area contributed by atoms with E-state index in [9.17, 15) is 14.4 Å². The minimum absolute atomic E-state index is 0.344. The van der Waals surface area contributed by atoms with Crippen molar-refractivity contribution < 1.29 is 14.4 Å². The highest BCUT2D eigenvalue weighted by atomic mass is 16.2. The first kappa shape index (κ1) is 13.3. The first-order valence-corrected chi connectivity index (χ1v) is 7.59. The van der Waals surface area contributed by atoms with E-state index in [1.165, 1.54) is 6.42 Å². The molecule has 4 rings (SSSR count). The number of carbonyl (C=O) groups excluding carboxylic acids is 3. The maximum atomic E-state index is 13.0. The summed E-state index contributed by atoms with van der Waals surface area (Å²) in [6, 6.07) is 5.00. The summed E-state index contributed by atoms with van der Waals surface area (Å²) in [7, 11) is 0. The summed E-state index contributed by atoms with van der Waals surface area (Å²) in [5, 5.41) is 4.77. The van der Waals surface area contributed by atoms with E-state index in [2.05, 4.69) is 10.6 Å². The molecule has 1 atom stereocenters. The minimum Gasteiger partial charge on any atom is -0.312 e. The van der Waals surface area contributed by atoms with Crippen molar-refractivity contribution >= 4 is 23.5 Å². The van der Waals surface area contributed by atoms with Gasteiger partial charge in [0, 0.05) is 12.1 Å². The zero-order valence-corrected chi connectivity index (χ0v) is 12.3. The van der Waals surface area contributed by atoms with E-state index in [1.54, 1.807) is 4.90 Å². The highest BCUT2D eigenvalue weighted by molar-refractivity contribution is 6.27. The van der Waals surface area contributed by atoms with E-state index in [4.69, 9.17) is 0 Å². The molecule has 114 valence electrons. The molecule has 1 saturated heterocycles. The van der Waals surface area contributed by atoms with Gasteiger partial charge in [0.1, 0.15) is 0 Å². The number of hydrogen-bond acceptors (Lipinski definition) is 3. The largest absolute Gasteiger partial charge is 0.323 e. The van der Waals surface area contributed by atoms with Crippen LogP contribution in [0.25, 0.3) is 0 Å². The van der Waals surface area contributed by atoms with Crippen molar-refractivity contribution in [2.75, 3.05) is 11.4 Å². The highest BCUT2D eigenvalue weighted by Crippen LogP contribution is 2.44. The summed E-state index contributed by atoms with van der Waals surface area (Å²) >= 11 is 0. The van der Waals surface area contributed by atoms with E-state index in [0.29, 0.717) is 18.0 Å². The van der Waals surface area contributed by atoms with Crippen LogP contribution in [0.15, 0.2) is 18.2 Å². The first-order valence-electron chi connectivity index (χ1n) is 7.59. The molecule has 2 heterocycles. The number of nitrogens with one attached hydrogen (secondary N) is 2. The number of aryl methyl sites for hydroxylation is 1. The van der Waals surface area contributed by atoms with Crippen LogP contribution in [0.2, 0.25) is 0 Å². The van der Waals surface area contributed by atoms with Gasteiger partial charge < -0.3 is 10.2 Å². The van der Waals surface area contributed by atoms with Crippen LogP contribution in [0.1, 0.15) is 30.4 Å². The third kappa shape index (κ3) is 1.58. The second-order valence-corrected chi connectivity index (χ2v) is 6.39. The predicted octanol–water partition coefficient (Wildman–Crippen LogP) is 1.18. The monoisotopic (exact) mass is 299 g/mol. The Morgan fingerprint density at radius 3 is 2.64 bits per heavy atom. The number of hydrogen-bond donors (Lipinski definition) is 2. The van der Waals surface area contributed by atoms with E-state index in [0.717, 1.165) is 24.1 Å². The van der Waals surface area contributed by atoms with Crippen molar-refractivity contribution in [2.45, 2.75) is 31.7 Å². The van der Waals surface area contributed by atoms with Crippen LogP contribution >= 0.6 is 0 Å². The molecule has 1 spiro atoms. The molecular formula is C16H17N3O3. The standard InChI is InChI=1S/C16H17N3O3/c1-9-5-6-12-11(7-9)16(13(20)17-15(22)18-16)14(21)19(12)8-10-3-2-4-10/h5-7,10H,2-4,8H2,1H3,(H2,17,18,20,22). The fourth-order valence-electron chi connectivity index (χ4n) is 3.52. The third-order valence-electron chi connectivity index (χ3n) is 4.95. The van der Waals surface area contributed by atoms with Crippen LogP contribution in [-0.4, -0.2) is 24.4 Å². The fraction of sp³-hybridized carbons (Fsp3) is 0.438. The van der Waals surface area contributed by atoms with E-state index in [1.807, 2.05) is 25.1 Å². The van der Waals surface area contributed by atoms with Crippen molar-refractivity contribution in [3.63, 3.8) is 0 Å². The molecule has 6 heteroatoms. The van der Waals surface area contributed by atoms with Crippen LogP contribution < -0.4 is 15.5 Å². The molecule has 3 aliphatic rings. The van der Waals surface area contributed by atoms with Gasteiger partial charge in [-0.2, -0.15) is 0 Å².